The van der Waals surface area contributed by atoms with Crippen LogP contribution < -0.4 is 5.32 Å². The Morgan fingerprint density at radius 2 is 1.85 bits per heavy atom. The lowest BCUT2D eigenvalue weighted by Crippen LogP contribution is -2.42. The molecule has 5 rings (SSSR count). The van der Waals surface area contributed by atoms with E-state index < -0.39 is 0 Å². The summed E-state index contributed by atoms with van der Waals surface area (Å²) in [5.41, 5.74) is 7.01. The molecule has 3 heteroatoms. The predicted molar refractivity (Wildman–Crippen MR) is 109 cm³/mol. The summed E-state index contributed by atoms with van der Waals surface area (Å²) >= 11 is 0. The van der Waals surface area contributed by atoms with Crippen molar-refractivity contribution < 1.29 is 4.79 Å². The summed E-state index contributed by atoms with van der Waals surface area (Å²) in [6, 6.07) is 16.5. The third-order valence-electron chi connectivity index (χ3n) is 6.66. The first-order chi connectivity index (χ1) is 13.3. The molecule has 2 aliphatic heterocycles. The first kappa shape index (κ1) is 17.0. The van der Waals surface area contributed by atoms with Gasteiger partial charge in [-0.05, 0) is 72.9 Å². The molecule has 140 valence electrons. The highest BCUT2D eigenvalue weighted by Crippen LogP contribution is 2.37. The van der Waals surface area contributed by atoms with E-state index in [4.69, 9.17) is 0 Å². The van der Waals surface area contributed by atoms with E-state index in [0.717, 1.165) is 38.8 Å². The lowest BCUT2D eigenvalue weighted by Gasteiger charge is -2.28. The van der Waals surface area contributed by atoms with Crippen molar-refractivity contribution in [2.24, 2.45) is 0 Å². The standard InChI is InChI=1S/C24H28N2O/c27-24(26-20-10-11-21(26)16-25-13-12-20)7-3-4-17-8-9-19-15-18-5-1-2-6-22(18)23(19)14-17/h1-2,5-6,8-9,14,20-21,25H,3-4,7,10-13,15-16H2. The zero-order valence-electron chi connectivity index (χ0n) is 15.9. The number of rotatable bonds is 4. The van der Waals surface area contributed by atoms with E-state index in [1.54, 1.807) is 0 Å². The Bertz CT molecular complexity index is 845. The number of nitrogens with one attached hydrogen (secondary N) is 1. The molecule has 1 amide bonds. The fraction of sp³-hybridized carbons (Fsp3) is 0.458. The van der Waals surface area contributed by atoms with Crippen LogP contribution in [0.3, 0.4) is 0 Å². The molecule has 0 spiro atoms. The Balaban J connectivity index is 1.22. The third-order valence-corrected chi connectivity index (χ3v) is 6.66. The number of hydrogen-bond acceptors (Lipinski definition) is 2. The van der Waals surface area contributed by atoms with Crippen molar-refractivity contribution in [3.05, 3.63) is 59.2 Å². The minimum atomic E-state index is 0.373. The highest BCUT2D eigenvalue weighted by molar-refractivity contribution is 5.78. The van der Waals surface area contributed by atoms with Crippen LogP contribution >= 0.6 is 0 Å². The fourth-order valence-electron chi connectivity index (χ4n) is 5.29. The molecule has 2 bridgehead atoms. The van der Waals surface area contributed by atoms with E-state index in [-0.39, 0.29) is 0 Å². The Kier molecular flexibility index (Phi) is 4.48. The highest BCUT2D eigenvalue weighted by atomic mass is 16.2. The van der Waals surface area contributed by atoms with Crippen LogP contribution in [-0.4, -0.2) is 36.0 Å². The number of nitrogens with zero attached hydrogens (tertiary/aromatic N) is 1. The molecule has 1 aliphatic carbocycles. The van der Waals surface area contributed by atoms with Gasteiger partial charge in [-0.3, -0.25) is 4.79 Å². The van der Waals surface area contributed by atoms with E-state index in [1.165, 1.54) is 40.7 Å². The van der Waals surface area contributed by atoms with Gasteiger partial charge in [0.15, 0.2) is 0 Å². The van der Waals surface area contributed by atoms with Crippen molar-refractivity contribution in [3.63, 3.8) is 0 Å². The highest BCUT2D eigenvalue weighted by Gasteiger charge is 2.37. The van der Waals surface area contributed by atoms with Crippen molar-refractivity contribution in [2.75, 3.05) is 13.1 Å². The van der Waals surface area contributed by atoms with Crippen LogP contribution in [0.2, 0.25) is 0 Å². The molecular weight excluding hydrogens is 332 g/mol. The zero-order valence-corrected chi connectivity index (χ0v) is 15.9. The Morgan fingerprint density at radius 1 is 1.00 bits per heavy atom. The molecule has 2 fully saturated rings. The second-order valence-electron chi connectivity index (χ2n) is 8.36. The van der Waals surface area contributed by atoms with Crippen LogP contribution in [0.25, 0.3) is 11.1 Å². The second kappa shape index (κ2) is 7.12. The van der Waals surface area contributed by atoms with Gasteiger partial charge in [-0.15, -0.1) is 0 Å². The van der Waals surface area contributed by atoms with Crippen molar-refractivity contribution in [1.82, 2.24) is 10.2 Å². The maximum Gasteiger partial charge on any atom is 0.223 e. The Morgan fingerprint density at radius 3 is 2.81 bits per heavy atom. The lowest BCUT2D eigenvalue weighted by atomic mass is 10.00. The van der Waals surface area contributed by atoms with E-state index in [1.807, 2.05) is 0 Å². The molecule has 0 aromatic heterocycles. The summed E-state index contributed by atoms with van der Waals surface area (Å²) < 4.78 is 0. The SMILES string of the molecule is O=C(CCCc1ccc2c(c1)-c1ccccc1C2)N1C2CCNCC1CC2. The van der Waals surface area contributed by atoms with Crippen molar-refractivity contribution in [2.45, 2.75) is 57.0 Å². The van der Waals surface area contributed by atoms with Gasteiger partial charge < -0.3 is 10.2 Å². The van der Waals surface area contributed by atoms with Gasteiger partial charge in [-0.1, -0.05) is 42.5 Å². The average molecular weight is 361 g/mol. The van der Waals surface area contributed by atoms with E-state index in [0.29, 0.717) is 24.4 Å². The van der Waals surface area contributed by atoms with Crippen LogP contribution in [0, 0.1) is 0 Å². The van der Waals surface area contributed by atoms with Gasteiger partial charge in [0, 0.05) is 25.0 Å². The van der Waals surface area contributed by atoms with Crippen LogP contribution in [0.4, 0.5) is 0 Å². The first-order valence-corrected chi connectivity index (χ1v) is 10.5. The molecule has 2 aromatic carbocycles. The van der Waals surface area contributed by atoms with E-state index >= 15 is 0 Å². The van der Waals surface area contributed by atoms with Gasteiger partial charge in [-0.2, -0.15) is 0 Å². The molecule has 0 saturated carbocycles. The predicted octanol–water partition coefficient (Wildman–Crippen LogP) is 3.93. The van der Waals surface area contributed by atoms with Crippen LogP contribution in [-0.2, 0) is 17.6 Å². The van der Waals surface area contributed by atoms with Crippen LogP contribution in [0.15, 0.2) is 42.5 Å². The van der Waals surface area contributed by atoms with Gasteiger partial charge >= 0.3 is 0 Å². The number of fused-ring (bicyclic) bond motifs is 5. The molecule has 27 heavy (non-hydrogen) atoms. The van der Waals surface area contributed by atoms with Crippen LogP contribution in [0.1, 0.15) is 48.8 Å². The molecule has 2 aromatic rings. The summed E-state index contributed by atoms with van der Waals surface area (Å²) in [6.07, 6.45) is 7.16. The summed E-state index contributed by atoms with van der Waals surface area (Å²) in [5, 5.41) is 3.48. The molecule has 1 N–H and O–H groups in total. The maximum atomic E-state index is 12.9. The monoisotopic (exact) mass is 360 g/mol. The Hall–Kier alpha value is -2.13. The molecule has 3 nitrogen and oxygen atoms in total. The summed E-state index contributed by atoms with van der Waals surface area (Å²) in [7, 11) is 0. The largest absolute Gasteiger partial charge is 0.335 e. The lowest BCUT2D eigenvalue weighted by molar-refractivity contribution is -0.133. The summed E-state index contributed by atoms with van der Waals surface area (Å²) in [5.74, 6) is 0.373. The molecular formula is C24H28N2O. The second-order valence-corrected chi connectivity index (χ2v) is 8.36. The van der Waals surface area contributed by atoms with Crippen molar-refractivity contribution in [1.29, 1.82) is 0 Å². The molecule has 3 aliphatic rings. The summed E-state index contributed by atoms with van der Waals surface area (Å²) in [6.45, 7) is 2.04. The average Bonchev–Trinajstić information content (AvgIpc) is 3.17. The van der Waals surface area contributed by atoms with E-state index in [9.17, 15) is 4.79 Å². The number of hydrogen-bond donors (Lipinski definition) is 1. The fourth-order valence-corrected chi connectivity index (χ4v) is 5.29. The number of carbonyl (C=O) groups is 1. The number of aryl methyl sites for hydroxylation is 1. The topological polar surface area (TPSA) is 32.3 Å². The normalized spacial score (nSPS) is 23.0. The minimum absolute atomic E-state index is 0.373. The molecule has 2 saturated heterocycles. The molecule has 2 atom stereocenters. The molecule has 2 unspecified atom stereocenters. The zero-order chi connectivity index (χ0) is 18.2. The van der Waals surface area contributed by atoms with Crippen molar-refractivity contribution >= 4 is 5.91 Å². The van der Waals surface area contributed by atoms with Crippen molar-refractivity contribution in [3.8, 4) is 11.1 Å². The van der Waals surface area contributed by atoms with Gasteiger partial charge in [0.1, 0.15) is 0 Å². The van der Waals surface area contributed by atoms with Gasteiger partial charge in [0.25, 0.3) is 0 Å². The number of amides is 1. The quantitative estimate of drug-likeness (QED) is 0.764. The van der Waals surface area contributed by atoms with E-state index in [2.05, 4.69) is 52.7 Å². The number of benzene rings is 2. The Labute approximate surface area is 161 Å². The molecule has 0 radical (unpaired) electrons. The maximum absolute atomic E-state index is 12.9. The van der Waals surface area contributed by atoms with Gasteiger partial charge in [0.2, 0.25) is 5.91 Å². The van der Waals surface area contributed by atoms with Gasteiger partial charge in [-0.25, -0.2) is 0 Å². The number of carbonyl (C=O) groups excluding carboxylic acids is 1. The van der Waals surface area contributed by atoms with Gasteiger partial charge in [0.05, 0.1) is 0 Å². The molecule has 2 heterocycles. The smallest absolute Gasteiger partial charge is 0.223 e. The minimum Gasteiger partial charge on any atom is -0.335 e. The van der Waals surface area contributed by atoms with Crippen LogP contribution in [0.5, 0.6) is 0 Å². The summed E-state index contributed by atoms with van der Waals surface area (Å²) in [4.78, 5) is 15.1. The third kappa shape index (κ3) is 3.19. The first-order valence-electron chi connectivity index (χ1n) is 10.5.